The quantitative estimate of drug-likeness (QED) is 0.384. The highest BCUT2D eigenvalue weighted by Gasteiger charge is 1.68. The van der Waals surface area contributed by atoms with E-state index in [0.29, 0.717) is 5.88 Å². The lowest BCUT2D eigenvalue weighted by atomic mass is 10.3. The fourth-order valence-electron chi connectivity index (χ4n) is 0.246. The van der Waals surface area contributed by atoms with Crippen LogP contribution >= 0.6 is 11.6 Å². The second-order valence-electron chi connectivity index (χ2n) is 1.40. The first kappa shape index (κ1) is 6.77. The monoisotopic (exact) mass is 116 g/mol. The third-order valence-corrected chi connectivity index (χ3v) is 0.670. The Morgan fingerprint density at radius 3 is 2.57 bits per heavy atom. The maximum absolute atomic E-state index is 5.32. The van der Waals surface area contributed by atoms with Gasteiger partial charge in [-0.2, -0.15) is 0 Å². The molecule has 7 heavy (non-hydrogen) atoms. The Hall–Kier alpha value is -0.230. The third kappa shape index (κ3) is 5.77. The molecule has 0 saturated heterocycles. The molecule has 0 fully saturated rings. The van der Waals surface area contributed by atoms with E-state index in [-0.39, 0.29) is 0 Å². The Morgan fingerprint density at radius 2 is 2.43 bits per heavy atom. The molecule has 0 spiro atoms. The largest absolute Gasteiger partial charge is 0.122 e. The molecule has 40 valence electrons. The number of alkyl halides is 1. The second-order valence-corrected chi connectivity index (χ2v) is 1.71. The van der Waals surface area contributed by atoms with Crippen LogP contribution in [0.15, 0.2) is 24.3 Å². The zero-order chi connectivity index (χ0) is 5.70. The van der Waals surface area contributed by atoms with E-state index in [0.717, 1.165) is 5.57 Å². The zero-order valence-electron chi connectivity index (χ0n) is 4.45. The minimum absolute atomic E-state index is 0.576. The van der Waals surface area contributed by atoms with Gasteiger partial charge in [-0.05, 0) is 6.92 Å². The molecule has 0 nitrogen and oxygen atoms in total. The van der Waals surface area contributed by atoms with Gasteiger partial charge in [-0.15, -0.1) is 11.6 Å². The van der Waals surface area contributed by atoms with Gasteiger partial charge in [0, 0.05) is 5.88 Å². The summed E-state index contributed by atoms with van der Waals surface area (Å²) in [6.45, 7) is 5.58. The van der Waals surface area contributed by atoms with Crippen molar-refractivity contribution in [1.82, 2.24) is 0 Å². The average molecular weight is 117 g/mol. The Labute approximate surface area is 49.5 Å². The molecule has 0 aliphatic heterocycles. The molecular weight excluding hydrogens is 108 g/mol. The molecule has 0 aliphatic carbocycles. The van der Waals surface area contributed by atoms with Crippen LogP contribution in [0.2, 0.25) is 0 Å². The summed E-state index contributed by atoms with van der Waals surface area (Å²) >= 11 is 5.32. The van der Waals surface area contributed by atoms with Crippen LogP contribution in [-0.2, 0) is 0 Å². The number of hydrogen-bond acceptors (Lipinski definition) is 0. The SMILES string of the molecule is C=C(C)C=CCCl. The van der Waals surface area contributed by atoms with Crippen LogP contribution in [0.3, 0.4) is 0 Å². The van der Waals surface area contributed by atoms with Crippen molar-refractivity contribution >= 4 is 11.6 Å². The average Bonchev–Trinajstić information content (AvgIpc) is 1.61. The molecule has 0 saturated carbocycles. The van der Waals surface area contributed by atoms with Gasteiger partial charge in [-0.25, -0.2) is 0 Å². The fraction of sp³-hybridized carbons (Fsp3) is 0.333. The zero-order valence-corrected chi connectivity index (χ0v) is 5.20. The maximum Gasteiger partial charge on any atom is 0.0407 e. The van der Waals surface area contributed by atoms with E-state index in [1.54, 1.807) is 0 Å². The Morgan fingerprint density at radius 1 is 1.86 bits per heavy atom. The van der Waals surface area contributed by atoms with Crippen LogP contribution in [0.1, 0.15) is 6.92 Å². The van der Waals surface area contributed by atoms with E-state index >= 15 is 0 Å². The van der Waals surface area contributed by atoms with Crippen LogP contribution < -0.4 is 0 Å². The lowest BCUT2D eigenvalue weighted by Crippen LogP contribution is -1.61. The van der Waals surface area contributed by atoms with Crippen molar-refractivity contribution in [2.45, 2.75) is 6.92 Å². The highest BCUT2D eigenvalue weighted by Crippen LogP contribution is 1.88. The summed E-state index contributed by atoms with van der Waals surface area (Å²) in [6.07, 6.45) is 3.76. The van der Waals surface area contributed by atoms with E-state index in [4.69, 9.17) is 11.6 Å². The summed E-state index contributed by atoms with van der Waals surface area (Å²) in [7, 11) is 0. The van der Waals surface area contributed by atoms with E-state index < -0.39 is 0 Å². The first-order valence-corrected chi connectivity index (χ1v) is 2.69. The molecule has 0 atom stereocenters. The third-order valence-electron chi connectivity index (χ3n) is 0.491. The van der Waals surface area contributed by atoms with Gasteiger partial charge in [0.15, 0.2) is 0 Å². The van der Waals surface area contributed by atoms with Crippen molar-refractivity contribution in [2.24, 2.45) is 0 Å². The summed E-state index contributed by atoms with van der Waals surface area (Å²) in [4.78, 5) is 0. The van der Waals surface area contributed by atoms with Crippen LogP contribution in [-0.4, -0.2) is 5.88 Å². The molecule has 0 N–H and O–H groups in total. The number of allylic oxidation sites excluding steroid dienone is 3. The van der Waals surface area contributed by atoms with Crippen LogP contribution in [0.5, 0.6) is 0 Å². The van der Waals surface area contributed by atoms with Gasteiger partial charge >= 0.3 is 0 Å². The highest BCUT2D eigenvalue weighted by atomic mass is 35.5. The number of hydrogen-bond donors (Lipinski definition) is 0. The Balaban J connectivity index is 3.26. The molecular formula is C6H9Cl. The predicted octanol–water partition coefficient (Wildman–Crippen LogP) is 2.36. The van der Waals surface area contributed by atoms with Gasteiger partial charge in [0.25, 0.3) is 0 Å². The summed E-state index contributed by atoms with van der Waals surface area (Å²) in [5.41, 5.74) is 1.04. The Kier molecular flexibility index (Phi) is 3.81. The van der Waals surface area contributed by atoms with Crippen molar-refractivity contribution < 1.29 is 0 Å². The first-order valence-electron chi connectivity index (χ1n) is 2.15. The van der Waals surface area contributed by atoms with Crippen molar-refractivity contribution in [1.29, 1.82) is 0 Å². The molecule has 0 heterocycles. The van der Waals surface area contributed by atoms with Crippen LogP contribution in [0.25, 0.3) is 0 Å². The van der Waals surface area contributed by atoms with E-state index in [9.17, 15) is 0 Å². The lowest BCUT2D eigenvalue weighted by molar-refractivity contribution is 1.54. The van der Waals surface area contributed by atoms with Crippen molar-refractivity contribution in [3.05, 3.63) is 24.3 Å². The minimum Gasteiger partial charge on any atom is -0.122 e. The molecule has 0 amide bonds. The van der Waals surface area contributed by atoms with Crippen molar-refractivity contribution in [2.75, 3.05) is 5.88 Å². The predicted molar refractivity (Wildman–Crippen MR) is 34.7 cm³/mol. The lowest BCUT2D eigenvalue weighted by Gasteiger charge is -1.78. The van der Waals surface area contributed by atoms with Crippen molar-refractivity contribution in [3.63, 3.8) is 0 Å². The molecule has 0 bridgehead atoms. The van der Waals surface area contributed by atoms with Crippen LogP contribution in [0.4, 0.5) is 0 Å². The highest BCUT2D eigenvalue weighted by molar-refractivity contribution is 6.18. The second kappa shape index (κ2) is 3.94. The van der Waals surface area contributed by atoms with Gasteiger partial charge in [0.05, 0.1) is 0 Å². The smallest absolute Gasteiger partial charge is 0.0407 e. The molecule has 0 aromatic carbocycles. The van der Waals surface area contributed by atoms with Gasteiger partial charge in [0.2, 0.25) is 0 Å². The topological polar surface area (TPSA) is 0 Å². The summed E-state index contributed by atoms with van der Waals surface area (Å²) in [5, 5.41) is 0. The first-order chi connectivity index (χ1) is 3.27. The fourth-order valence-corrected chi connectivity index (χ4v) is 0.335. The normalized spacial score (nSPS) is 10.0. The van der Waals surface area contributed by atoms with Gasteiger partial charge in [-0.1, -0.05) is 24.3 Å². The van der Waals surface area contributed by atoms with E-state index in [1.807, 2.05) is 19.1 Å². The molecule has 0 aromatic rings. The van der Waals surface area contributed by atoms with E-state index in [2.05, 4.69) is 6.58 Å². The summed E-state index contributed by atoms with van der Waals surface area (Å²) in [6, 6.07) is 0. The molecule has 0 aromatic heterocycles. The molecule has 0 aliphatic rings. The van der Waals surface area contributed by atoms with Crippen LogP contribution in [0, 0.1) is 0 Å². The molecule has 0 rings (SSSR count). The molecule has 0 radical (unpaired) electrons. The van der Waals surface area contributed by atoms with Crippen molar-refractivity contribution in [3.8, 4) is 0 Å². The molecule has 0 unspecified atom stereocenters. The summed E-state index contributed by atoms with van der Waals surface area (Å²) in [5.74, 6) is 0.576. The van der Waals surface area contributed by atoms with Gasteiger partial charge in [-0.3, -0.25) is 0 Å². The van der Waals surface area contributed by atoms with E-state index in [1.165, 1.54) is 0 Å². The standard InChI is InChI=1S/C6H9Cl/c1-6(2)4-3-5-7/h3-4H,1,5H2,2H3. The molecule has 1 heteroatoms. The number of rotatable bonds is 2. The van der Waals surface area contributed by atoms with Gasteiger partial charge < -0.3 is 0 Å². The van der Waals surface area contributed by atoms with Gasteiger partial charge in [0.1, 0.15) is 0 Å². The summed E-state index contributed by atoms with van der Waals surface area (Å²) < 4.78 is 0. The minimum atomic E-state index is 0.576. The maximum atomic E-state index is 5.32. The number of halogens is 1. The Bertz CT molecular complexity index is 82.2.